The highest BCUT2D eigenvalue weighted by Gasteiger charge is 2.27. The van der Waals surface area contributed by atoms with Crippen molar-refractivity contribution in [2.75, 3.05) is 47.5 Å². The Bertz CT molecular complexity index is 1450. The zero-order valence-electron chi connectivity index (χ0n) is 47.4. The summed E-state index contributed by atoms with van der Waals surface area (Å²) in [7, 11) is 1.47. The minimum atomic E-state index is -4.39. The first-order valence-corrected chi connectivity index (χ1v) is 31.2. The summed E-state index contributed by atoms with van der Waals surface area (Å²) >= 11 is 0. The number of phosphoric acid groups is 1. The molecule has 0 aromatic heterocycles. The molecule has 0 aliphatic heterocycles. The number of carbonyl (C=O) groups excluding carboxylic acids is 2. The van der Waals surface area contributed by atoms with E-state index in [2.05, 4.69) is 86.8 Å². The number of hydrogen-bond donors (Lipinski definition) is 1. The zero-order chi connectivity index (χ0) is 52.7. The Morgan fingerprint density at radius 1 is 0.444 bits per heavy atom. The largest absolute Gasteiger partial charge is 0.472 e. The molecule has 0 bridgehead atoms. The molecule has 0 aromatic carbocycles. The van der Waals surface area contributed by atoms with Gasteiger partial charge in [0.25, 0.3) is 0 Å². The average Bonchev–Trinajstić information content (AvgIpc) is 3.34. The summed E-state index contributed by atoms with van der Waals surface area (Å²) in [6.45, 7) is 4.33. The van der Waals surface area contributed by atoms with Crippen LogP contribution in [-0.4, -0.2) is 74.9 Å². The lowest BCUT2D eigenvalue weighted by atomic mass is 10.0. The number of nitrogens with zero attached hydrogens (tertiary/aromatic N) is 1. The summed E-state index contributed by atoms with van der Waals surface area (Å²) in [6.07, 6.45) is 69.7. The van der Waals surface area contributed by atoms with Gasteiger partial charge in [-0.3, -0.25) is 18.6 Å². The first-order valence-electron chi connectivity index (χ1n) is 29.7. The van der Waals surface area contributed by atoms with Gasteiger partial charge in [-0.2, -0.15) is 0 Å². The highest BCUT2D eigenvalue weighted by Crippen LogP contribution is 2.43. The molecule has 0 amide bonds. The maximum atomic E-state index is 12.8. The van der Waals surface area contributed by atoms with Gasteiger partial charge >= 0.3 is 19.8 Å². The van der Waals surface area contributed by atoms with E-state index in [1.54, 1.807) is 0 Å². The summed E-state index contributed by atoms with van der Waals surface area (Å²) in [5.41, 5.74) is 0. The van der Waals surface area contributed by atoms with Gasteiger partial charge in [0.05, 0.1) is 27.7 Å². The molecule has 72 heavy (non-hydrogen) atoms. The lowest BCUT2D eigenvalue weighted by molar-refractivity contribution is -0.870. The van der Waals surface area contributed by atoms with Crippen molar-refractivity contribution in [2.24, 2.45) is 0 Å². The third-order valence-electron chi connectivity index (χ3n) is 12.7. The highest BCUT2D eigenvalue weighted by molar-refractivity contribution is 7.47. The third kappa shape index (κ3) is 56.7. The summed E-state index contributed by atoms with van der Waals surface area (Å²) in [5.74, 6) is -0.806. The topological polar surface area (TPSA) is 108 Å². The Hall–Kier alpha value is -2.55. The standard InChI is InChI=1S/C62H112NO8P/c1-6-8-10-12-14-16-18-20-22-24-26-28-30-31-33-34-36-38-40-42-44-46-48-50-52-54-61(64)68-58-60(59-70-72(66,67)69-57-56-63(3,4)5)71-62(65)55-53-51-49-47-45-43-41-39-37-35-32-29-27-25-23-21-19-17-15-13-11-9-7-2/h9,11,15,17,21,23-24,26-27,29,35,37,60H,6-8,10,12-14,16,18-20,22,25,28,30-34,36,38-59H2,1-5H3/p+1/b11-9-,17-15-,23-21-,26-24-,29-27-,37-35-. The van der Waals surface area contributed by atoms with Crippen LogP contribution in [0.25, 0.3) is 0 Å². The van der Waals surface area contributed by atoms with Crippen molar-refractivity contribution in [2.45, 2.75) is 264 Å². The van der Waals surface area contributed by atoms with Crippen molar-refractivity contribution in [3.63, 3.8) is 0 Å². The van der Waals surface area contributed by atoms with Crippen LogP contribution in [0.15, 0.2) is 72.9 Å². The van der Waals surface area contributed by atoms with E-state index in [9.17, 15) is 19.0 Å². The molecule has 418 valence electrons. The molecule has 2 atom stereocenters. The average molecular weight is 1030 g/mol. The molecule has 0 heterocycles. The maximum absolute atomic E-state index is 12.8. The second kappa shape index (κ2) is 53.3. The number of esters is 2. The Labute approximate surface area is 444 Å². The summed E-state index contributed by atoms with van der Waals surface area (Å²) < 4.78 is 34.6. The van der Waals surface area contributed by atoms with E-state index >= 15 is 0 Å². The number of ether oxygens (including phenoxy) is 2. The lowest BCUT2D eigenvalue weighted by Gasteiger charge is -2.24. The van der Waals surface area contributed by atoms with E-state index in [1.165, 1.54) is 148 Å². The van der Waals surface area contributed by atoms with E-state index in [1.807, 2.05) is 21.1 Å². The monoisotopic (exact) mass is 1030 g/mol. The van der Waals surface area contributed by atoms with Gasteiger partial charge in [-0.1, -0.05) is 234 Å². The molecule has 0 saturated heterocycles. The maximum Gasteiger partial charge on any atom is 0.472 e. The van der Waals surface area contributed by atoms with E-state index in [0.29, 0.717) is 17.4 Å². The van der Waals surface area contributed by atoms with E-state index in [0.717, 1.165) is 77.0 Å². The van der Waals surface area contributed by atoms with Crippen molar-refractivity contribution >= 4 is 19.8 Å². The predicted octanol–water partition coefficient (Wildman–Crippen LogP) is 18.5. The van der Waals surface area contributed by atoms with Gasteiger partial charge in [-0.25, -0.2) is 4.57 Å². The lowest BCUT2D eigenvalue weighted by Crippen LogP contribution is -2.37. The van der Waals surface area contributed by atoms with Crippen LogP contribution in [0.3, 0.4) is 0 Å². The molecule has 0 aliphatic carbocycles. The van der Waals surface area contributed by atoms with E-state index in [-0.39, 0.29) is 32.0 Å². The smallest absolute Gasteiger partial charge is 0.462 e. The van der Waals surface area contributed by atoms with Crippen LogP contribution < -0.4 is 0 Å². The summed E-state index contributed by atoms with van der Waals surface area (Å²) in [6, 6.07) is 0. The number of quaternary nitrogens is 1. The van der Waals surface area contributed by atoms with Crippen LogP contribution >= 0.6 is 7.82 Å². The van der Waals surface area contributed by atoms with Gasteiger partial charge in [-0.05, 0) is 83.5 Å². The number of unbranched alkanes of at least 4 members (excludes halogenated alkanes) is 28. The molecule has 0 spiro atoms. The second-order valence-corrected chi connectivity index (χ2v) is 22.5. The molecule has 0 fully saturated rings. The number of hydrogen-bond acceptors (Lipinski definition) is 7. The van der Waals surface area contributed by atoms with Crippen molar-refractivity contribution in [1.29, 1.82) is 0 Å². The van der Waals surface area contributed by atoms with Crippen LogP contribution in [0.4, 0.5) is 0 Å². The number of allylic oxidation sites excluding steroid dienone is 12. The Kier molecular flexibility index (Phi) is 51.4. The molecular weight excluding hydrogens is 918 g/mol. The minimum Gasteiger partial charge on any atom is -0.462 e. The fraction of sp³-hybridized carbons (Fsp3) is 0.774. The highest BCUT2D eigenvalue weighted by atomic mass is 31.2. The van der Waals surface area contributed by atoms with Crippen LogP contribution in [-0.2, 0) is 32.7 Å². The fourth-order valence-electron chi connectivity index (χ4n) is 8.16. The molecule has 1 N–H and O–H groups in total. The molecule has 9 nitrogen and oxygen atoms in total. The van der Waals surface area contributed by atoms with Crippen LogP contribution in [0.5, 0.6) is 0 Å². The molecule has 0 aromatic rings. The van der Waals surface area contributed by atoms with Gasteiger partial charge in [-0.15, -0.1) is 0 Å². The second-order valence-electron chi connectivity index (χ2n) is 21.0. The normalized spacial score (nSPS) is 13.8. The van der Waals surface area contributed by atoms with Gasteiger partial charge in [0.1, 0.15) is 19.8 Å². The number of carbonyl (C=O) groups is 2. The first-order chi connectivity index (χ1) is 35.0. The Balaban J connectivity index is 4.17. The van der Waals surface area contributed by atoms with Crippen LogP contribution in [0.2, 0.25) is 0 Å². The van der Waals surface area contributed by atoms with Crippen molar-refractivity contribution < 1.29 is 42.1 Å². The van der Waals surface area contributed by atoms with Crippen molar-refractivity contribution in [1.82, 2.24) is 0 Å². The van der Waals surface area contributed by atoms with Gasteiger partial charge < -0.3 is 18.9 Å². The molecule has 0 aliphatic rings. The number of rotatable bonds is 54. The summed E-state index contributed by atoms with van der Waals surface area (Å²) in [4.78, 5) is 35.7. The predicted molar refractivity (Wildman–Crippen MR) is 307 cm³/mol. The first kappa shape index (κ1) is 69.5. The zero-order valence-corrected chi connectivity index (χ0v) is 48.3. The molecule has 2 unspecified atom stereocenters. The minimum absolute atomic E-state index is 0.0269. The Morgan fingerprint density at radius 3 is 1.19 bits per heavy atom. The van der Waals surface area contributed by atoms with E-state index in [4.69, 9.17) is 18.5 Å². The fourth-order valence-corrected chi connectivity index (χ4v) is 8.90. The molecule has 0 saturated carbocycles. The van der Waals surface area contributed by atoms with Crippen LogP contribution in [0.1, 0.15) is 258 Å². The van der Waals surface area contributed by atoms with Crippen molar-refractivity contribution in [3.05, 3.63) is 72.9 Å². The number of phosphoric ester groups is 1. The quantitative estimate of drug-likeness (QED) is 0.0211. The van der Waals surface area contributed by atoms with Gasteiger partial charge in [0.2, 0.25) is 0 Å². The SMILES string of the molecule is CC/C=C\C/C=C\C/C=C\C/C=C\C/C=C\CCCCCCCCCC(=O)OC(COC(=O)CCCCCCCCCCCCCCC/C=C\CCCCCCCCCC)COP(=O)(O)OCC[N+](C)(C)C. The molecule has 0 rings (SSSR count). The molecular formula is C62H113NO8P+. The Morgan fingerprint density at radius 2 is 0.792 bits per heavy atom. The molecule has 0 radical (unpaired) electrons. The van der Waals surface area contributed by atoms with E-state index < -0.39 is 26.5 Å². The van der Waals surface area contributed by atoms with Gasteiger partial charge in [0, 0.05) is 12.8 Å². The summed E-state index contributed by atoms with van der Waals surface area (Å²) in [5, 5.41) is 0. The number of likely N-dealkylation sites (N-methyl/N-ethyl adjacent to an activating group) is 1. The third-order valence-corrected chi connectivity index (χ3v) is 13.7. The van der Waals surface area contributed by atoms with Gasteiger partial charge in [0.15, 0.2) is 6.10 Å². The van der Waals surface area contributed by atoms with Crippen molar-refractivity contribution in [3.8, 4) is 0 Å². The molecule has 10 heteroatoms. The van der Waals surface area contributed by atoms with Crippen LogP contribution in [0, 0.1) is 0 Å².